The number of primary amides is 1. The van der Waals surface area contributed by atoms with Crippen LogP contribution in [-0.4, -0.2) is 34.1 Å². The lowest BCUT2D eigenvalue weighted by atomic mass is 10.1. The van der Waals surface area contributed by atoms with Crippen LogP contribution in [0.15, 0.2) is 6.20 Å². The van der Waals surface area contributed by atoms with Crippen molar-refractivity contribution in [1.29, 1.82) is 0 Å². The van der Waals surface area contributed by atoms with Gasteiger partial charge >= 0.3 is 5.97 Å². The number of carbonyl (C=O) groups is 3. The van der Waals surface area contributed by atoms with Crippen LogP contribution in [0.5, 0.6) is 0 Å². The summed E-state index contributed by atoms with van der Waals surface area (Å²) in [5, 5.41) is 9.18. The maximum absolute atomic E-state index is 12.3. The van der Waals surface area contributed by atoms with Gasteiger partial charge in [0.25, 0.3) is 11.8 Å². The molecule has 0 saturated heterocycles. The molecule has 0 fully saturated rings. The Morgan fingerprint density at radius 1 is 1.42 bits per heavy atom. The standard InChI is InChI=1S/C14H15IN4O4S/c1-5(2)23-14(22)8-6(3)10(11(16)20)24-13(8)18-12(21)9-7(15)4-17-19-9/h4-5H,1-3H3,(H2,16,20)(H,17,19)(H,18,21). The van der Waals surface area contributed by atoms with E-state index in [1.165, 1.54) is 6.20 Å². The Morgan fingerprint density at radius 3 is 2.58 bits per heavy atom. The molecule has 24 heavy (non-hydrogen) atoms. The first kappa shape index (κ1) is 18.4. The summed E-state index contributed by atoms with van der Waals surface area (Å²) < 4.78 is 5.81. The first-order valence-electron chi connectivity index (χ1n) is 6.86. The molecule has 10 heteroatoms. The van der Waals surface area contributed by atoms with E-state index in [1.807, 2.05) is 22.6 Å². The molecule has 0 aliphatic rings. The van der Waals surface area contributed by atoms with Gasteiger partial charge in [0.05, 0.1) is 26.3 Å². The number of nitrogens with zero attached hydrogens (tertiary/aromatic N) is 1. The number of aromatic nitrogens is 2. The molecule has 0 unspecified atom stereocenters. The molecule has 0 saturated carbocycles. The van der Waals surface area contributed by atoms with Crippen LogP contribution in [-0.2, 0) is 4.74 Å². The van der Waals surface area contributed by atoms with Crippen molar-refractivity contribution in [1.82, 2.24) is 10.2 Å². The van der Waals surface area contributed by atoms with Gasteiger partial charge in [-0.2, -0.15) is 5.10 Å². The maximum Gasteiger partial charge on any atom is 0.341 e. The van der Waals surface area contributed by atoms with E-state index < -0.39 is 17.8 Å². The van der Waals surface area contributed by atoms with Gasteiger partial charge in [0.2, 0.25) is 0 Å². The number of H-pyrrole nitrogens is 1. The molecular formula is C14H15IN4O4S. The SMILES string of the molecule is Cc1c(C(N)=O)sc(NC(=O)c2[nH]ncc2I)c1C(=O)OC(C)C. The Kier molecular flexibility index (Phi) is 5.59. The number of amides is 2. The van der Waals surface area contributed by atoms with Crippen LogP contribution in [0, 0.1) is 10.5 Å². The van der Waals surface area contributed by atoms with Gasteiger partial charge in [0.1, 0.15) is 10.7 Å². The molecule has 2 rings (SSSR count). The predicted molar refractivity (Wildman–Crippen MR) is 97.4 cm³/mol. The molecule has 2 heterocycles. The summed E-state index contributed by atoms with van der Waals surface area (Å²) >= 11 is 2.89. The number of ether oxygens (including phenoxy) is 1. The number of carbonyl (C=O) groups excluding carboxylic acids is 3. The first-order chi connectivity index (χ1) is 11.2. The second-order valence-electron chi connectivity index (χ2n) is 5.13. The van der Waals surface area contributed by atoms with Gasteiger partial charge in [-0.05, 0) is 48.9 Å². The number of thiophene rings is 1. The third-order valence-electron chi connectivity index (χ3n) is 2.96. The summed E-state index contributed by atoms with van der Waals surface area (Å²) in [5.41, 5.74) is 6.10. The molecule has 0 bridgehead atoms. The van der Waals surface area contributed by atoms with Crippen molar-refractivity contribution in [3.8, 4) is 0 Å². The highest BCUT2D eigenvalue weighted by Gasteiger charge is 2.27. The third-order valence-corrected chi connectivity index (χ3v) is 5.00. The fourth-order valence-corrected chi connectivity index (χ4v) is 3.50. The molecule has 2 aromatic heterocycles. The van der Waals surface area contributed by atoms with E-state index in [-0.39, 0.29) is 27.2 Å². The zero-order valence-electron chi connectivity index (χ0n) is 13.1. The van der Waals surface area contributed by atoms with Crippen LogP contribution < -0.4 is 11.1 Å². The fourth-order valence-electron chi connectivity index (χ4n) is 1.95. The minimum Gasteiger partial charge on any atom is -0.459 e. The molecule has 0 atom stereocenters. The normalized spacial score (nSPS) is 10.7. The number of hydrogen-bond acceptors (Lipinski definition) is 6. The van der Waals surface area contributed by atoms with Crippen molar-refractivity contribution in [3.63, 3.8) is 0 Å². The molecule has 128 valence electrons. The number of nitrogens with one attached hydrogen (secondary N) is 2. The molecule has 2 aromatic rings. The molecule has 0 radical (unpaired) electrons. The summed E-state index contributed by atoms with van der Waals surface area (Å²) in [6.45, 7) is 5.00. The smallest absolute Gasteiger partial charge is 0.341 e. The van der Waals surface area contributed by atoms with Gasteiger partial charge in [-0.25, -0.2) is 4.79 Å². The third kappa shape index (κ3) is 3.75. The van der Waals surface area contributed by atoms with Crippen molar-refractivity contribution in [2.24, 2.45) is 5.73 Å². The topological polar surface area (TPSA) is 127 Å². The summed E-state index contributed by atoms with van der Waals surface area (Å²) in [6, 6.07) is 0. The van der Waals surface area contributed by atoms with Crippen molar-refractivity contribution in [2.75, 3.05) is 5.32 Å². The first-order valence-corrected chi connectivity index (χ1v) is 8.76. The molecule has 0 aromatic carbocycles. The minimum absolute atomic E-state index is 0.130. The minimum atomic E-state index is -0.673. The second kappa shape index (κ2) is 7.30. The van der Waals surface area contributed by atoms with E-state index in [1.54, 1.807) is 20.8 Å². The van der Waals surface area contributed by atoms with E-state index >= 15 is 0 Å². The molecule has 2 amide bonds. The lowest BCUT2D eigenvalue weighted by Gasteiger charge is -2.10. The van der Waals surface area contributed by atoms with Gasteiger partial charge in [-0.3, -0.25) is 14.7 Å². The molecule has 0 spiro atoms. The van der Waals surface area contributed by atoms with Crippen LogP contribution in [0.25, 0.3) is 0 Å². The molecule has 8 nitrogen and oxygen atoms in total. The average molecular weight is 462 g/mol. The van der Waals surface area contributed by atoms with Crippen LogP contribution in [0.1, 0.15) is 49.9 Å². The Bertz CT molecular complexity index is 812. The largest absolute Gasteiger partial charge is 0.459 e. The van der Waals surface area contributed by atoms with Gasteiger partial charge in [-0.1, -0.05) is 0 Å². The Hall–Kier alpha value is -1.95. The summed E-state index contributed by atoms with van der Waals surface area (Å²) in [6.07, 6.45) is 1.16. The second-order valence-corrected chi connectivity index (χ2v) is 7.31. The van der Waals surface area contributed by atoms with Crippen LogP contribution in [0.4, 0.5) is 5.00 Å². The molecule has 0 aliphatic heterocycles. The summed E-state index contributed by atoms with van der Waals surface area (Å²) in [4.78, 5) is 36.4. The molecule has 4 N–H and O–H groups in total. The van der Waals surface area contributed by atoms with Crippen molar-refractivity contribution >= 4 is 56.7 Å². The number of aromatic amines is 1. The number of hydrogen-bond donors (Lipinski definition) is 3. The number of halogens is 1. The zero-order chi connectivity index (χ0) is 18.0. The van der Waals surface area contributed by atoms with Crippen molar-refractivity contribution in [2.45, 2.75) is 26.9 Å². The average Bonchev–Trinajstić information content (AvgIpc) is 3.01. The summed E-state index contributed by atoms with van der Waals surface area (Å²) in [7, 11) is 0. The number of nitrogens with two attached hydrogens (primary N) is 1. The predicted octanol–water partition coefficient (Wildman–Crippen LogP) is 2.30. The van der Waals surface area contributed by atoms with E-state index in [9.17, 15) is 14.4 Å². The highest BCUT2D eigenvalue weighted by molar-refractivity contribution is 14.1. The fraction of sp³-hybridized carbons (Fsp3) is 0.286. The van der Waals surface area contributed by atoms with E-state index in [0.717, 1.165) is 11.3 Å². The van der Waals surface area contributed by atoms with E-state index in [0.29, 0.717) is 9.13 Å². The van der Waals surface area contributed by atoms with Crippen molar-refractivity contribution < 1.29 is 19.1 Å². The van der Waals surface area contributed by atoms with E-state index in [2.05, 4.69) is 15.5 Å². The van der Waals surface area contributed by atoms with Gasteiger partial charge in [-0.15, -0.1) is 11.3 Å². The van der Waals surface area contributed by atoms with Gasteiger partial charge in [0, 0.05) is 0 Å². The number of esters is 1. The molecule has 0 aliphatic carbocycles. The Balaban J connectivity index is 2.42. The highest BCUT2D eigenvalue weighted by atomic mass is 127. The lowest BCUT2D eigenvalue weighted by Crippen LogP contribution is -2.18. The number of anilines is 1. The monoisotopic (exact) mass is 462 g/mol. The maximum atomic E-state index is 12.3. The molecular weight excluding hydrogens is 447 g/mol. The van der Waals surface area contributed by atoms with Crippen LogP contribution in [0.2, 0.25) is 0 Å². The summed E-state index contributed by atoms with van der Waals surface area (Å²) in [5.74, 6) is -1.78. The van der Waals surface area contributed by atoms with Crippen LogP contribution in [0.3, 0.4) is 0 Å². The van der Waals surface area contributed by atoms with Gasteiger partial charge in [0.15, 0.2) is 0 Å². The lowest BCUT2D eigenvalue weighted by molar-refractivity contribution is 0.0379. The van der Waals surface area contributed by atoms with Gasteiger partial charge < -0.3 is 15.8 Å². The Labute approximate surface area is 155 Å². The highest BCUT2D eigenvalue weighted by Crippen LogP contribution is 2.34. The van der Waals surface area contributed by atoms with E-state index in [4.69, 9.17) is 10.5 Å². The number of rotatable bonds is 5. The Morgan fingerprint density at radius 2 is 2.08 bits per heavy atom. The quantitative estimate of drug-likeness (QED) is 0.464. The zero-order valence-corrected chi connectivity index (χ0v) is 16.1. The van der Waals surface area contributed by atoms with Crippen LogP contribution >= 0.6 is 33.9 Å². The van der Waals surface area contributed by atoms with Crippen molar-refractivity contribution in [3.05, 3.63) is 31.5 Å².